The smallest absolute Gasteiger partial charge is 0.339 e. The van der Waals surface area contributed by atoms with E-state index in [1.54, 1.807) is 0 Å². The molecule has 0 aliphatic carbocycles. The average molecular weight is 155 g/mol. The zero-order chi connectivity index (χ0) is 8.43. The lowest BCUT2D eigenvalue weighted by Gasteiger charge is -1.89. The maximum Gasteiger partial charge on any atom is 0.339 e. The van der Waals surface area contributed by atoms with E-state index in [0.29, 0.717) is 0 Å². The van der Waals surface area contributed by atoms with Gasteiger partial charge in [-0.05, 0) is 0 Å². The monoisotopic (exact) mass is 155 g/mol. The lowest BCUT2D eigenvalue weighted by molar-refractivity contribution is 0.0691. The van der Waals surface area contributed by atoms with Crippen molar-refractivity contribution in [3.8, 4) is 0 Å². The second-order valence-corrected chi connectivity index (χ2v) is 1.87. The topological polar surface area (TPSA) is 93.5 Å². The summed E-state index contributed by atoms with van der Waals surface area (Å²) >= 11 is 0. The van der Waals surface area contributed by atoms with Crippen molar-refractivity contribution in [1.29, 1.82) is 0 Å². The highest BCUT2D eigenvalue weighted by molar-refractivity contribution is 6.03. The van der Waals surface area contributed by atoms with Gasteiger partial charge in [0.2, 0.25) is 0 Å². The van der Waals surface area contributed by atoms with E-state index >= 15 is 0 Å². The first kappa shape index (κ1) is 7.33. The van der Waals surface area contributed by atoms with Gasteiger partial charge in [-0.15, -0.1) is 0 Å². The minimum Gasteiger partial charge on any atom is -0.478 e. The van der Waals surface area contributed by atoms with Crippen LogP contribution in [0.4, 0.5) is 0 Å². The standard InChI is InChI=1S/C6H5NO4/c7-5(8)3-1-11-2-4(3)6(9)10/h1-2H,(H2,7,8)(H,9,10). The van der Waals surface area contributed by atoms with Gasteiger partial charge in [-0.2, -0.15) is 0 Å². The van der Waals surface area contributed by atoms with Crippen LogP contribution in [0.1, 0.15) is 20.7 Å². The predicted octanol–water partition coefficient (Wildman–Crippen LogP) is 0.0767. The summed E-state index contributed by atoms with van der Waals surface area (Å²) in [5.74, 6) is -2.04. The molecule has 1 aromatic heterocycles. The van der Waals surface area contributed by atoms with Gasteiger partial charge in [-0.3, -0.25) is 4.79 Å². The van der Waals surface area contributed by atoms with Crippen LogP contribution in [0.3, 0.4) is 0 Å². The summed E-state index contributed by atoms with van der Waals surface area (Å²) in [5, 5.41) is 8.44. The molecule has 0 spiro atoms. The molecule has 1 heterocycles. The molecule has 0 saturated heterocycles. The van der Waals surface area contributed by atoms with Crippen molar-refractivity contribution in [3.05, 3.63) is 23.7 Å². The molecule has 1 rings (SSSR count). The molecule has 0 radical (unpaired) electrons. The Morgan fingerprint density at radius 3 is 2.27 bits per heavy atom. The first-order valence-corrected chi connectivity index (χ1v) is 2.72. The third-order valence-electron chi connectivity index (χ3n) is 1.16. The lowest BCUT2D eigenvalue weighted by atomic mass is 10.2. The van der Waals surface area contributed by atoms with Crippen molar-refractivity contribution in [3.63, 3.8) is 0 Å². The van der Waals surface area contributed by atoms with Gasteiger partial charge < -0.3 is 15.3 Å². The largest absolute Gasteiger partial charge is 0.478 e. The highest BCUT2D eigenvalue weighted by Crippen LogP contribution is 2.08. The first-order chi connectivity index (χ1) is 5.13. The van der Waals surface area contributed by atoms with E-state index in [4.69, 9.17) is 10.8 Å². The van der Waals surface area contributed by atoms with Gasteiger partial charge >= 0.3 is 5.97 Å². The Balaban J connectivity index is 3.16. The molecule has 1 aromatic rings. The number of aromatic carboxylic acids is 1. The lowest BCUT2D eigenvalue weighted by Crippen LogP contribution is -2.13. The van der Waals surface area contributed by atoms with Gasteiger partial charge in [0.1, 0.15) is 18.1 Å². The summed E-state index contributed by atoms with van der Waals surface area (Å²) < 4.78 is 4.49. The van der Waals surface area contributed by atoms with Crippen LogP contribution in [-0.2, 0) is 0 Å². The number of primary amides is 1. The van der Waals surface area contributed by atoms with E-state index in [9.17, 15) is 9.59 Å². The molecular weight excluding hydrogens is 150 g/mol. The number of carboxylic acid groups (broad SMARTS) is 1. The molecule has 5 nitrogen and oxygen atoms in total. The molecule has 0 fully saturated rings. The van der Waals surface area contributed by atoms with E-state index < -0.39 is 11.9 Å². The molecule has 0 atom stereocenters. The molecule has 0 saturated carbocycles. The molecule has 0 aromatic carbocycles. The van der Waals surface area contributed by atoms with Crippen molar-refractivity contribution in [1.82, 2.24) is 0 Å². The number of furan rings is 1. The van der Waals surface area contributed by atoms with Crippen LogP contribution in [0.5, 0.6) is 0 Å². The van der Waals surface area contributed by atoms with Gasteiger partial charge in [0.25, 0.3) is 5.91 Å². The van der Waals surface area contributed by atoms with Crippen LogP contribution in [0.15, 0.2) is 16.9 Å². The number of carbonyl (C=O) groups excluding carboxylic acids is 1. The molecule has 58 valence electrons. The van der Waals surface area contributed by atoms with E-state index in [0.717, 1.165) is 12.5 Å². The second kappa shape index (κ2) is 2.45. The van der Waals surface area contributed by atoms with Crippen LogP contribution < -0.4 is 5.73 Å². The Kier molecular flexibility index (Phi) is 1.63. The quantitative estimate of drug-likeness (QED) is 0.632. The third kappa shape index (κ3) is 1.21. The molecule has 0 bridgehead atoms. The highest BCUT2D eigenvalue weighted by Gasteiger charge is 2.15. The van der Waals surface area contributed by atoms with Gasteiger partial charge in [0, 0.05) is 0 Å². The van der Waals surface area contributed by atoms with Gasteiger partial charge in [0.05, 0.1) is 5.56 Å². The maximum absolute atomic E-state index is 10.5. The van der Waals surface area contributed by atoms with Crippen molar-refractivity contribution in [2.24, 2.45) is 5.73 Å². The SMILES string of the molecule is NC(=O)c1cocc1C(=O)O. The normalized spacial score (nSPS) is 9.45. The molecule has 11 heavy (non-hydrogen) atoms. The Hall–Kier alpha value is -1.78. The predicted molar refractivity (Wildman–Crippen MR) is 34.2 cm³/mol. The fraction of sp³-hybridized carbons (Fsp3) is 0. The fourth-order valence-electron chi connectivity index (χ4n) is 0.653. The molecule has 0 unspecified atom stereocenters. The van der Waals surface area contributed by atoms with E-state index in [1.807, 2.05) is 0 Å². The summed E-state index contributed by atoms with van der Waals surface area (Å²) in [4.78, 5) is 20.8. The second-order valence-electron chi connectivity index (χ2n) is 1.87. The minimum atomic E-state index is -1.23. The fourth-order valence-corrected chi connectivity index (χ4v) is 0.653. The number of carbonyl (C=O) groups is 2. The van der Waals surface area contributed by atoms with Crippen molar-refractivity contribution in [2.75, 3.05) is 0 Å². The van der Waals surface area contributed by atoms with Gasteiger partial charge in [-0.1, -0.05) is 0 Å². The van der Waals surface area contributed by atoms with Crippen LogP contribution in [-0.4, -0.2) is 17.0 Å². The van der Waals surface area contributed by atoms with Crippen LogP contribution >= 0.6 is 0 Å². The first-order valence-electron chi connectivity index (χ1n) is 2.72. The Morgan fingerprint density at radius 1 is 1.36 bits per heavy atom. The molecule has 3 N–H and O–H groups in total. The minimum absolute atomic E-state index is 0.113. The molecule has 1 amide bonds. The highest BCUT2D eigenvalue weighted by atomic mass is 16.4. The van der Waals surface area contributed by atoms with Crippen molar-refractivity contribution in [2.45, 2.75) is 0 Å². The van der Waals surface area contributed by atoms with Crippen LogP contribution in [0.25, 0.3) is 0 Å². The van der Waals surface area contributed by atoms with Gasteiger partial charge in [-0.25, -0.2) is 4.79 Å². The number of hydrogen-bond donors (Lipinski definition) is 2. The zero-order valence-corrected chi connectivity index (χ0v) is 5.40. The van der Waals surface area contributed by atoms with Crippen LogP contribution in [0.2, 0.25) is 0 Å². The summed E-state index contributed by atoms with van der Waals surface area (Å²) in [6, 6.07) is 0. The van der Waals surface area contributed by atoms with Crippen molar-refractivity contribution < 1.29 is 19.1 Å². The van der Waals surface area contributed by atoms with Crippen LogP contribution in [0, 0.1) is 0 Å². The zero-order valence-electron chi connectivity index (χ0n) is 5.40. The molecular formula is C6H5NO4. The van der Waals surface area contributed by atoms with E-state index in [2.05, 4.69) is 4.42 Å². The number of nitrogens with two attached hydrogens (primary N) is 1. The Morgan fingerprint density at radius 2 is 1.91 bits per heavy atom. The number of amides is 1. The number of rotatable bonds is 2. The van der Waals surface area contributed by atoms with Crippen molar-refractivity contribution >= 4 is 11.9 Å². The van der Waals surface area contributed by atoms with E-state index in [-0.39, 0.29) is 11.1 Å². The summed E-state index contributed by atoms with van der Waals surface area (Å²) in [6.07, 6.45) is 1.97. The molecule has 0 aliphatic heterocycles. The number of carboxylic acids is 1. The number of hydrogen-bond acceptors (Lipinski definition) is 3. The third-order valence-corrected chi connectivity index (χ3v) is 1.16. The average Bonchev–Trinajstić information content (AvgIpc) is 2.32. The van der Waals surface area contributed by atoms with E-state index in [1.165, 1.54) is 0 Å². The summed E-state index contributed by atoms with van der Waals surface area (Å²) in [5.41, 5.74) is 4.51. The summed E-state index contributed by atoms with van der Waals surface area (Å²) in [6.45, 7) is 0. The molecule has 5 heteroatoms. The molecule has 0 aliphatic rings. The Labute approximate surface area is 61.4 Å². The summed E-state index contributed by atoms with van der Waals surface area (Å²) in [7, 11) is 0. The Bertz CT molecular complexity index is 273. The maximum atomic E-state index is 10.5. The van der Waals surface area contributed by atoms with Gasteiger partial charge in [0.15, 0.2) is 0 Å².